The van der Waals surface area contributed by atoms with Crippen LogP contribution in [0.4, 0.5) is 5.82 Å². The summed E-state index contributed by atoms with van der Waals surface area (Å²) >= 11 is 0. The number of fused-ring (bicyclic) bond motifs is 1. The van der Waals surface area contributed by atoms with Crippen molar-refractivity contribution >= 4 is 16.7 Å². The molecule has 4 rings (SSSR count). The molecule has 0 radical (unpaired) electrons. The predicted octanol–water partition coefficient (Wildman–Crippen LogP) is 2.40. The first-order valence-electron chi connectivity index (χ1n) is 9.15. The van der Waals surface area contributed by atoms with E-state index in [2.05, 4.69) is 61.7 Å². The molecule has 2 aromatic heterocycles. The molecule has 6 heteroatoms. The SMILES string of the molecule is C[C@@H](CN1CCNCC1)Nc1ncnc2c(-c3cccnc3)cccc12. The minimum absolute atomic E-state index is 0.313. The molecule has 1 aliphatic rings. The summed E-state index contributed by atoms with van der Waals surface area (Å²) in [5.74, 6) is 0.892. The summed E-state index contributed by atoms with van der Waals surface area (Å²) < 4.78 is 0. The van der Waals surface area contributed by atoms with Crippen molar-refractivity contribution in [2.24, 2.45) is 0 Å². The summed E-state index contributed by atoms with van der Waals surface area (Å²) in [7, 11) is 0. The Bertz CT molecular complexity index is 861. The third-order valence-electron chi connectivity index (χ3n) is 4.76. The fraction of sp³-hybridized carbons (Fsp3) is 0.350. The molecule has 3 heterocycles. The smallest absolute Gasteiger partial charge is 0.137 e. The van der Waals surface area contributed by atoms with Gasteiger partial charge in [-0.2, -0.15) is 0 Å². The van der Waals surface area contributed by atoms with Crippen molar-refractivity contribution < 1.29 is 0 Å². The van der Waals surface area contributed by atoms with Crippen LogP contribution in [0.2, 0.25) is 0 Å². The van der Waals surface area contributed by atoms with Gasteiger partial charge in [-0.05, 0) is 19.1 Å². The van der Waals surface area contributed by atoms with E-state index in [1.54, 1.807) is 12.5 Å². The van der Waals surface area contributed by atoms with Crippen LogP contribution in [0.1, 0.15) is 6.92 Å². The molecule has 6 nitrogen and oxygen atoms in total. The van der Waals surface area contributed by atoms with Crippen LogP contribution >= 0.6 is 0 Å². The van der Waals surface area contributed by atoms with Gasteiger partial charge in [0.1, 0.15) is 12.1 Å². The predicted molar refractivity (Wildman–Crippen MR) is 105 cm³/mol. The zero-order valence-electron chi connectivity index (χ0n) is 15.0. The molecule has 1 fully saturated rings. The van der Waals surface area contributed by atoms with E-state index in [1.165, 1.54) is 0 Å². The van der Waals surface area contributed by atoms with E-state index in [0.717, 1.165) is 60.6 Å². The number of piperazine rings is 1. The first-order valence-corrected chi connectivity index (χ1v) is 9.15. The average Bonchev–Trinajstić information content (AvgIpc) is 2.69. The Kier molecular flexibility index (Phi) is 5.04. The number of nitrogens with one attached hydrogen (secondary N) is 2. The summed E-state index contributed by atoms with van der Waals surface area (Å²) in [4.78, 5) is 15.8. The lowest BCUT2D eigenvalue weighted by atomic mass is 10.0. The van der Waals surface area contributed by atoms with Crippen LogP contribution in [-0.2, 0) is 0 Å². The van der Waals surface area contributed by atoms with Gasteiger partial charge in [-0.25, -0.2) is 9.97 Å². The highest BCUT2D eigenvalue weighted by Gasteiger charge is 2.15. The Morgan fingerprint density at radius 2 is 2.04 bits per heavy atom. The molecule has 26 heavy (non-hydrogen) atoms. The number of nitrogens with zero attached hydrogens (tertiary/aromatic N) is 4. The Labute approximate surface area is 153 Å². The Morgan fingerprint density at radius 3 is 2.85 bits per heavy atom. The molecular formula is C20H24N6. The van der Waals surface area contributed by atoms with Gasteiger partial charge in [0.25, 0.3) is 0 Å². The quantitative estimate of drug-likeness (QED) is 0.738. The second kappa shape index (κ2) is 7.76. The topological polar surface area (TPSA) is 66.0 Å². The van der Waals surface area contributed by atoms with Gasteiger partial charge in [-0.3, -0.25) is 9.88 Å². The molecule has 2 N–H and O–H groups in total. The van der Waals surface area contributed by atoms with Crippen LogP contribution in [0, 0.1) is 0 Å². The molecule has 0 aliphatic carbocycles. The van der Waals surface area contributed by atoms with E-state index < -0.39 is 0 Å². The summed E-state index contributed by atoms with van der Waals surface area (Å²) in [6.07, 6.45) is 5.30. The molecule has 1 atom stereocenters. The molecule has 0 saturated carbocycles. The fourth-order valence-electron chi connectivity index (χ4n) is 3.52. The van der Waals surface area contributed by atoms with E-state index in [9.17, 15) is 0 Å². The highest BCUT2D eigenvalue weighted by atomic mass is 15.2. The van der Waals surface area contributed by atoms with Crippen molar-refractivity contribution in [3.05, 3.63) is 49.1 Å². The van der Waals surface area contributed by atoms with Crippen molar-refractivity contribution in [1.82, 2.24) is 25.2 Å². The van der Waals surface area contributed by atoms with E-state index in [-0.39, 0.29) is 0 Å². The Hall–Kier alpha value is -2.57. The number of benzene rings is 1. The minimum atomic E-state index is 0.313. The van der Waals surface area contributed by atoms with Gasteiger partial charge in [0.15, 0.2) is 0 Å². The fourth-order valence-corrected chi connectivity index (χ4v) is 3.52. The van der Waals surface area contributed by atoms with E-state index in [0.29, 0.717) is 6.04 Å². The number of anilines is 1. The second-order valence-electron chi connectivity index (χ2n) is 6.76. The zero-order valence-corrected chi connectivity index (χ0v) is 15.0. The minimum Gasteiger partial charge on any atom is -0.366 e. The van der Waals surface area contributed by atoms with Gasteiger partial charge in [0, 0.05) is 67.7 Å². The lowest BCUT2D eigenvalue weighted by molar-refractivity contribution is 0.235. The first-order chi connectivity index (χ1) is 12.8. The zero-order chi connectivity index (χ0) is 17.8. The van der Waals surface area contributed by atoms with Gasteiger partial charge in [0.05, 0.1) is 5.52 Å². The van der Waals surface area contributed by atoms with Crippen molar-refractivity contribution in [2.75, 3.05) is 38.0 Å². The van der Waals surface area contributed by atoms with Crippen LogP contribution in [-0.4, -0.2) is 58.6 Å². The second-order valence-corrected chi connectivity index (χ2v) is 6.76. The van der Waals surface area contributed by atoms with E-state index >= 15 is 0 Å². The third kappa shape index (κ3) is 3.66. The van der Waals surface area contributed by atoms with Gasteiger partial charge < -0.3 is 10.6 Å². The number of pyridine rings is 1. The molecule has 1 saturated heterocycles. The number of aromatic nitrogens is 3. The highest BCUT2D eigenvalue weighted by Crippen LogP contribution is 2.29. The van der Waals surface area contributed by atoms with Crippen molar-refractivity contribution in [2.45, 2.75) is 13.0 Å². The van der Waals surface area contributed by atoms with Gasteiger partial charge in [0.2, 0.25) is 0 Å². The van der Waals surface area contributed by atoms with Gasteiger partial charge in [-0.1, -0.05) is 18.2 Å². The third-order valence-corrected chi connectivity index (χ3v) is 4.76. The van der Waals surface area contributed by atoms with Gasteiger partial charge in [-0.15, -0.1) is 0 Å². The Morgan fingerprint density at radius 1 is 1.15 bits per heavy atom. The van der Waals surface area contributed by atoms with Crippen molar-refractivity contribution in [3.8, 4) is 11.1 Å². The number of hydrogen-bond acceptors (Lipinski definition) is 6. The van der Waals surface area contributed by atoms with Gasteiger partial charge >= 0.3 is 0 Å². The summed E-state index contributed by atoms with van der Waals surface area (Å²) in [5, 5.41) is 8.02. The van der Waals surface area contributed by atoms with E-state index in [1.807, 2.05) is 12.3 Å². The molecule has 0 spiro atoms. The lowest BCUT2D eigenvalue weighted by Crippen LogP contribution is -2.47. The molecule has 1 aromatic carbocycles. The summed E-state index contributed by atoms with van der Waals surface area (Å²) in [6.45, 7) is 7.55. The van der Waals surface area contributed by atoms with Crippen molar-refractivity contribution in [3.63, 3.8) is 0 Å². The first kappa shape index (κ1) is 16.9. The van der Waals surface area contributed by atoms with E-state index in [4.69, 9.17) is 0 Å². The summed E-state index contributed by atoms with van der Waals surface area (Å²) in [6, 6.07) is 10.5. The molecular weight excluding hydrogens is 324 g/mol. The maximum Gasteiger partial charge on any atom is 0.137 e. The molecule has 0 amide bonds. The molecule has 134 valence electrons. The van der Waals surface area contributed by atoms with Crippen LogP contribution in [0.15, 0.2) is 49.1 Å². The molecule has 3 aromatic rings. The largest absolute Gasteiger partial charge is 0.366 e. The van der Waals surface area contributed by atoms with Crippen molar-refractivity contribution in [1.29, 1.82) is 0 Å². The average molecular weight is 348 g/mol. The monoisotopic (exact) mass is 348 g/mol. The number of hydrogen-bond donors (Lipinski definition) is 2. The maximum atomic E-state index is 4.54. The number of rotatable bonds is 5. The van der Waals surface area contributed by atoms with Crippen LogP contribution in [0.25, 0.3) is 22.0 Å². The number of para-hydroxylation sites is 1. The normalized spacial score (nSPS) is 16.5. The van der Waals surface area contributed by atoms with Crippen LogP contribution in [0.3, 0.4) is 0 Å². The standard InChI is InChI=1S/C20H24N6/c1-15(13-26-10-8-21-9-11-26)25-20-18-6-2-5-17(19(18)23-14-24-20)16-4-3-7-22-12-16/h2-7,12,14-15,21H,8-11,13H2,1H3,(H,23,24,25)/t15-/m0/s1. The molecule has 0 unspecified atom stereocenters. The van der Waals surface area contributed by atoms with Crippen LogP contribution in [0.5, 0.6) is 0 Å². The molecule has 1 aliphatic heterocycles. The maximum absolute atomic E-state index is 4.54. The van der Waals surface area contributed by atoms with Crippen LogP contribution < -0.4 is 10.6 Å². The Balaban J connectivity index is 1.60. The summed E-state index contributed by atoms with van der Waals surface area (Å²) in [5.41, 5.74) is 3.10. The lowest BCUT2D eigenvalue weighted by Gasteiger charge is -2.30. The molecule has 0 bridgehead atoms. The highest BCUT2D eigenvalue weighted by molar-refractivity contribution is 5.98.